The molecule has 0 unspecified atom stereocenters. The van der Waals surface area contributed by atoms with Gasteiger partial charge in [-0.1, -0.05) is 45.0 Å². The molecule has 5 heteroatoms. The number of hydrogen-bond donors (Lipinski definition) is 0. The SMILES string of the molecule is CCN(CC)C(=O)Oc1cc(C(C)(C)C)ccc1OC(=O)c1ccccc1. The van der Waals surface area contributed by atoms with Crippen LogP contribution in [0.5, 0.6) is 11.5 Å². The monoisotopic (exact) mass is 369 g/mol. The van der Waals surface area contributed by atoms with E-state index in [2.05, 4.69) is 20.8 Å². The third kappa shape index (κ3) is 5.33. The molecule has 0 aliphatic carbocycles. The fraction of sp³-hybridized carbons (Fsp3) is 0.364. The summed E-state index contributed by atoms with van der Waals surface area (Å²) < 4.78 is 11.1. The van der Waals surface area contributed by atoms with Crippen molar-refractivity contribution in [1.82, 2.24) is 4.90 Å². The Morgan fingerprint density at radius 1 is 0.889 bits per heavy atom. The standard InChI is InChI=1S/C22H27NO4/c1-6-23(7-2)21(25)27-19-15-17(22(3,4)5)13-14-18(19)26-20(24)16-11-9-8-10-12-16/h8-15H,6-7H2,1-5H3. The summed E-state index contributed by atoms with van der Waals surface area (Å²) in [5, 5.41) is 0. The van der Waals surface area contributed by atoms with Gasteiger partial charge in [-0.25, -0.2) is 9.59 Å². The van der Waals surface area contributed by atoms with E-state index in [4.69, 9.17) is 9.47 Å². The number of esters is 1. The minimum atomic E-state index is -0.501. The van der Waals surface area contributed by atoms with E-state index in [0.717, 1.165) is 5.56 Å². The molecule has 0 heterocycles. The molecule has 0 radical (unpaired) electrons. The molecule has 0 saturated heterocycles. The molecular formula is C22H27NO4. The van der Waals surface area contributed by atoms with Crippen LogP contribution in [0, 0.1) is 0 Å². The molecule has 0 aliphatic heterocycles. The molecule has 2 rings (SSSR count). The summed E-state index contributed by atoms with van der Waals surface area (Å²) in [7, 11) is 0. The van der Waals surface area contributed by atoms with Gasteiger partial charge in [-0.2, -0.15) is 0 Å². The van der Waals surface area contributed by atoms with Crippen molar-refractivity contribution in [1.29, 1.82) is 0 Å². The van der Waals surface area contributed by atoms with Crippen molar-refractivity contribution in [3.63, 3.8) is 0 Å². The third-order valence-corrected chi connectivity index (χ3v) is 4.24. The minimum absolute atomic E-state index is 0.141. The molecule has 0 fully saturated rings. The summed E-state index contributed by atoms with van der Waals surface area (Å²) in [6.45, 7) is 11.0. The van der Waals surface area contributed by atoms with Crippen LogP contribution in [0.2, 0.25) is 0 Å². The number of benzene rings is 2. The number of hydrogen-bond acceptors (Lipinski definition) is 4. The predicted molar refractivity (Wildman–Crippen MR) is 105 cm³/mol. The molecular weight excluding hydrogens is 342 g/mol. The van der Waals surface area contributed by atoms with E-state index in [-0.39, 0.29) is 16.9 Å². The topological polar surface area (TPSA) is 55.8 Å². The van der Waals surface area contributed by atoms with Crippen LogP contribution in [0.4, 0.5) is 4.79 Å². The maximum Gasteiger partial charge on any atom is 0.415 e. The van der Waals surface area contributed by atoms with E-state index >= 15 is 0 Å². The lowest BCUT2D eigenvalue weighted by atomic mass is 9.87. The molecule has 0 N–H and O–H groups in total. The first-order chi connectivity index (χ1) is 12.8. The Hall–Kier alpha value is -2.82. The van der Waals surface area contributed by atoms with E-state index in [1.54, 1.807) is 41.3 Å². The molecule has 1 amide bonds. The summed E-state index contributed by atoms with van der Waals surface area (Å²) >= 11 is 0. The minimum Gasteiger partial charge on any atom is -0.419 e. The van der Waals surface area contributed by atoms with Crippen molar-refractivity contribution in [2.75, 3.05) is 13.1 Å². The van der Waals surface area contributed by atoms with Gasteiger partial charge in [0.05, 0.1) is 5.56 Å². The summed E-state index contributed by atoms with van der Waals surface area (Å²) in [6, 6.07) is 14.0. The van der Waals surface area contributed by atoms with Gasteiger partial charge in [-0.05, 0) is 49.1 Å². The average molecular weight is 369 g/mol. The van der Waals surface area contributed by atoms with Crippen molar-refractivity contribution < 1.29 is 19.1 Å². The molecule has 0 saturated carbocycles. The molecule has 2 aromatic rings. The second-order valence-corrected chi connectivity index (χ2v) is 7.21. The number of rotatable bonds is 5. The molecule has 0 bridgehead atoms. The maximum absolute atomic E-state index is 12.4. The number of carbonyl (C=O) groups excluding carboxylic acids is 2. The zero-order valence-electron chi connectivity index (χ0n) is 16.6. The molecule has 27 heavy (non-hydrogen) atoms. The Kier molecular flexibility index (Phi) is 6.61. The van der Waals surface area contributed by atoms with Crippen molar-refractivity contribution in [2.24, 2.45) is 0 Å². The van der Waals surface area contributed by atoms with Crippen LogP contribution in [0.3, 0.4) is 0 Å². The second-order valence-electron chi connectivity index (χ2n) is 7.21. The quantitative estimate of drug-likeness (QED) is 0.547. The Morgan fingerprint density at radius 2 is 1.52 bits per heavy atom. The first-order valence-corrected chi connectivity index (χ1v) is 9.14. The highest BCUT2D eigenvalue weighted by molar-refractivity contribution is 5.91. The van der Waals surface area contributed by atoms with Crippen LogP contribution in [0.1, 0.15) is 50.5 Å². The van der Waals surface area contributed by atoms with Gasteiger partial charge in [-0.3, -0.25) is 0 Å². The summed E-state index contributed by atoms with van der Waals surface area (Å²) in [4.78, 5) is 26.4. The zero-order valence-corrected chi connectivity index (χ0v) is 16.6. The van der Waals surface area contributed by atoms with Gasteiger partial charge in [0.15, 0.2) is 11.5 Å². The van der Waals surface area contributed by atoms with Crippen LogP contribution in [-0.2, 0) is 5.41 Å². The highest BCUT2D eigenvalue weighted by Crippen LogP contribution is 2.34. The zero-order chi connectivity index (χ0) is 20.0. The maximum atomic E-state index is 12.4. The summed E-state index contributed by atoms with van der Waals surface area (Å²) in [6.07, 6.45) is -0.469. The van der Waals surface area contributed by atoms with Crippen LogP contribution in [-0.4, -0.2) is 30.1 Å². The van der Waals surface area contributed by atoms with Crippen molar-refractivity contribution in [3.8, 4) is 11.5 Å². The van der Waals surface area contributed by atoms with Crippen molar-refractivity contribution in [2.45, 2.75) is 40.0 Å². The van der Waals surface area contributed by atoms with Crippen molar-refractivity contribution >= 4 is 12.1 Å². The number of carbonyl (C=O) groups is 2. The number of nitrogens with zero attached hydrogens (tertiary/aromatic N) is 1. The van der Waals surface area contributed by atoms with Gasteiger partial charge in [-0.15, -0.1) is 0 Å². The van der Waals surface area contributed by atoms with E-state index in [1.165, 1.54) is 0 Å². The third-order valence-electron chi connectivity index (χ3n) is 4.24. The van der Waals surface area contributed by atoms with Crippen LogP contribution in [0.15, 0.2) is 48.5 Å². The van der Waals surface area contributed by atoms with Gasteiger partial charge in [0.2, 0.25) is 0 Å². The molecule has 0 spiro atoms. The molecule has 0 aromatic heterocycles. The summed E-state index contributed by atoms with van der Waals surface area (Å²) in [5.74, 6) is -0.0415. The first kappa shape index (κ1) is 20.5. The van der Waals surface area contributed by atoms with E-state index in [9.17, 15) is 9.59 Å². The fourth-order valence-electron chi connectivity index (χ4n) is 2.51. The first-order valence-electron chi connectivity index (χ1n) is 9.14. The molecule has 2 aromatic carbocycles. The lowest BCUT2D eigenvalue weighted by molar-refractivity contribution is 0.0727. The van der Waals surface area contributed by atoms with E-state index in [1.807, 2.05) is 26.0 Å². The van der Waals surface area contributed by atoms with Gasteiger partial charge in [0.25, 0.3) is 0 Å². The van der Waals surface area contributed by atoms with Gasteiger partial charge in [0, 0.05) is 13.1 Å². The highest BCUT2D eigenvalue weighted by atomic mass is 16.6. The normalized spacial score (nSPS) is 11.0. The lowest BCUT2D eigenvalue weighted by Crippen LogP contribution is -2.33. The lowest BCUT2D eigenvalue weighted by Gasteiger charge is -2.22. The van der Waals surface area contributed by atoms with Gasteiger partial charge >= 0.3 is 12.1 Å². The molecule has 5 nitrogen and oxygen atoms in total. The fourth-order valence-corrected chi connectivity index (χ4v) is 2.51. The Balaban J connectivity index is 2.35. The average Bonchev–Trinajstić information content (AvgIpc) is 2.64. The Bertz CT molecular complexity index is 790. The van der Waals surface area contributed by atoms with Gasteiger partial charge in [0.1, 0.15) is 0 Å². The van der Waals surface area contributed by atoms with E-state index in [0.29, 0.717) is 18.7 Å². The number of amides is 1. The number of ether oxygens (including phenoxy) is 2. The summed E-state index contributed by atoms with van der Waals surface area (Å²) in [5.41, 5.74) is 1.26. The van der Waals surface area contributed by atoms with Gasteiger partial charge < -0.3 is 14.4 Å². The van der Waals surface area contributed by atoms with E-state index < -0.39 is 12.1 Å². The second kappa shape index (κ2) is 8.71. The largest absolute Gasteiger partial charge is 0.419 e. The Morgan fingerprint density at radius 3 is 2.07 bits per heavy atom. The smallest absolute Gasteiger partial charge is 0.415 e. The van der Waals surface area contributed by atoms with Crippen LogP contribution >= 0.6 is 0 Å². The van der Waals surface area contributed by atoms with Crippen molar-refractivity contribution in [3.05, 3.63) is 59.7 Å². The van der Waals surface area contributed by atoms with Crippen LogP contribution in [0.25, 0.3) is 0 Å². The van der Waals surface area contributed by atoms with Crippen LogP contribution < -0.4 is 9.47 Å². The molecule has 0 atom stereocenters. The highest BCUT2D eigenvalue weighted by Gasteiger charge is 2.21. The molecule has 144 valence electrons. The Labute approximate surface area is 160 Å². The predicted octanol–water partition coefficient (Wildman–Crippen LogP) is 5.04. The molecule has 0 aliphatic rings.